The van der Waals surface area contributed by atoms with Crippen molar-refractivity contribution >= 4 is 5.69 Å². The van der Waals surface area contributed by atoms with E-state index in [0.717, 1.165) is 32.2 Å². The van der Waals surface area contributed by atoms with Gasteiger partial charge in [0.05, 0.1) is 11.7 Å². The maximum Gasteiger partial charge on any atom is 0.0697 e. The van der Waals surface area contributed by atoms with Crippen molar-refractivity contribution in [2.45, 2.75) is 45.6 Å². The molecular weight excluding hydrogens is 246 g/mol. The summed E-state index contributed by atoms with van der Waals surface area (Å²) in [5, 5.41) is 8.40. The second kappa shape index (κ2) is 5.70. The fraction of sp³-hybridized carbons (Fsp3) is 0.471. The molecule has 1 N–H and O–H groups in total. The Morgan fingerprint density at radius 2 is 2.10 bits per heavy atom. The molecule has 0 aliphatic carbocycles. The van der Waals surface area contributed by atoms with E-state index in [0.29, 0.717) is 6.04 Å². The van der Waals surface area contributed by atoms with Crippen molar-refractivity contribution in [3.8, 4) is 0 Å². The van der Waals surface area contributed by atoms with Gasteiger partial charge in [0.15, 0.2) is 0 Å². The average molecular weight is 269 g/mol. The van der Waals surface area contributed by atoms with Gasteiger partial charge in [-0.2, -0.15) is 5.10 Å². The van der Waals surface area contributed by atoms with E-state index < -0.39 is 0 Å². The van der Waals surface area contributed by atoms with Gasteiger partial charge in [0.25, 0.3) is 0 Å². The van der Waals surface area contributed by atoms with Crippen molar-refractivity contribution < 1.29 is 0 Å². The quantitative estimate of drug-likeness (QED) is 0.922. The van der Waals surface area contributed by atoms with Crippen LogP contribution in [0.25, 0.3) is 0 Å². The number of nitrogens with zero attached hydrogens (tertiary/aromatic N) is 2. The molecule has 2 heterocycles. The Bertz CT molecular complexity index is 559. The van der Waals surface area contributed by atoms with Gasteiger partial charge in [-0.1, -0.05) is 32.0 Å². The lowest BCUT2D eigenvalue weighted by Gasteiger charge is -2.18. The van der Waals surface area contributed by atoms with Crippen LogP contribution in [0.3, 0.4) is 0 Å². The van der Waals surface area contributed by atoms with E-state index in [4.69, 9.17) is 5.10 Å². The largest absolute Gasteiger partial charge is 0.383 e. The van der Waals surface area contributed by atoms with Crippen LogP contribution >= 0.6 is 0 Å². The molecule has 0 spiro atoms. The first kappa shape index (κ1) is 13.2. The third-order valence-electron chi connectivity index (χ3n) is 4.23. The SMILES string of the molecule is CCc1cc(CC)n(C2CCc3ccccc3NC2)n1. The molecule has 1 atom stereocenters. The van der Waals surface area contributed by atoms with Crippen molar-refractivity contribution in [2.24, 2.45) is 0 Å². The molecule has 106 valence electrons. The van der Waals surface area contributed by atoms with Gasteiger partial charge in [0.1, 0.15) is 0 Å². The van der Waals surface area contributed by atoms with Crippen molar-refractivity contribution in [3.05, 3.63) is 47.3 Å². The molecule has 1 aliphatic rings. The third kappa shape index (κ3) is 2.45. The molecule has 1 aromatic carbocycles. The molecule has 2 aromatic rings. The number of anilines is 1. The molecule has 1 unspecified atom stereocenters. The van der Waals surface area contributed by atoms with Gasteiger partial charge in [-0.05, 0) is 43.4 Å². The summed E-state index contributed by atoms with van der Waals surface area (Å²) in [5.74, 6) is 0. The zero-order chi connectivity index (χ0) is 13.9. The Hall–Kier alpha value is -1.77. The molecule has 0 amide bonds. The summed E-state index contributed by atoms with van der Waals surface area (Å²) in [4.78, 5) is 0. The molecule has 3 nitrogen and oxygen atoms in total. The van der Waals surface area contributed by atoms with Crippen molar-refractivity contribution in [1.82, 2.24) is 9.78 Å². The second-order valence-electron chi connectivity index (χ2n) is 5.51. The predicted octanol–water partition coefficient (Wildman–Crippen LogP) is 3.61. The highest BCUT2D eigenvalue weighted by Gasteiger charge is 2.20. The number of fused-ring (bicyclic) bond motifs is 1. The number of nitrogens with one attached hydrogen (secondary N) is 1. The molecule has 0 saturated heterocycles. The van der Waals surface area contributed by atoms with E-state index in [1.54, 1.807) is 0 Å². The second-order valence-corrected chi connectivity index (χ2v) is 5.51. The van der Waals surface area contributed by atoms with Crippen LogP contribution in [0, 0.1) is 0 Å². The van der Waals surface area contributed by atoms with E-state index in [2.05, 4.69) is 54.2 Å². The van der Waals surface area contributed by atoms with Crippen LogP contribution in [0.2, 0.25) is 0 Å². The first-order valence-electron chi connectivity index (χ1n) is 7.71. The van der Waals surface area contributed by atoms with E-state index in [9.17, 15) is 0 Å². The summed E-state index contributed by atoms with van der Waals surface area (Å²) in [7, 11) is 0. The van der Waals surface area contributed by atoms with E-state index >= 15 is 0 Å². The van der Waals surface area contributed by atoms with Crippen molar-refractivity contribution in [3.63, 3.8) is 0 Å². The molecule has 0 radical (unpaired) electrons. The smallest absolute Gasteiger partial charge is 0.0697 e. The summed E-state index contributed by atoms with van der Waals surface area (Å²) in [5.41, 5.74) is 5.29. The normalized spacial score (nSPS) is 18.2. The Balaban J connectivity index is 1.84. The molecule has 1 aromatic heterocycles. The first-order valence-corrected chi connectivity index (χ1v) is 7.71. The highest BCUT2D eigenvalue weighted by Crippen LogP contribution is 2.26. The molecule has 3 rings (SSSR count). The van der Waals surface area contributed by atoms with Crippen LogP contribution < -0.4 is 5.32 Å². The van der Waals surface area contributed by atoms with Gasteiger partial charge >= 0.3 is 0 Å². The standard InChI is InChI=1S/C17H23N3/c1-3-14-11-15(4-2)20(19-14)16-10-9-13-7-5-6-8-17(13)18-12-16/h5-8,11,16,18H,3-4,9-10,12H2,1-2H3. The average Bonchev–Trinajstić information content (AvgIpc) is 2.80. The Morgan fingerprint density at radius 1 is 1.25 bits per heavy atom. The minimum absolute atomic E-state index is 0.456. The fourth-order valence-electron chi connectivity index (χ4n) is 3.01. The van der Waals surface area contributed by atoms with Crippen molar-refractivity contribution in [2.75, 3.05) is 11.9 Å². The van der Waals surface area contributed by atoms with Gasteiger partial charge in [-0.25, -0.2) is 0 Å². The summed E-state index contributed by atoms with van der Waals surface area (Å²) < 4.78 is 2.26. The maximum absolute atomic E-state index is 4.80. The van der Waals surface area contributed by atoms with Gasteiger partial charge < -0.3 is 5.32 Å². The zero-order valence-electron chi connectivity index (χ0n) is 12.4. The zero-order valence-corrected chi connectivity index (χ0v) is 12.4. The van der Waals surface area contributed by atoms with E-state index in [-0.39, 0.29) is 0 Å². The first-order chi connectivity index (χ1) is 9.81. The Kier molecular flexibility index (Phi) is 3.77. The minimum Gasteiger partial charge on any atom is -0.383 e. The molecule has 1 aliphatic heterocycles. The molecule has 0 fully saturated rings. The summed E-state index contributed by atoms with van der Waals surface area (Å²) in [6.45, 7) is 5.36. The molecule has 0 saturated carbocycles. The fourth-order valence-corrected chi connectivity index (χ4v) is 3.01. The number of aromatic nitrogens is 2. The summed E-state index contributed by atoms with van der Waals surface area (Å²) >= 11 is 0. The highest BCUT2D eigenvalue weighted by atomic mass is 15.3. The monoisotopic (exact) mass is 269 g/mol. The van der Waals surface area contributed by atoms with Crippen LogP contribution in [0.5, 0.6) is 0 Å². The highest BCUT2D eigenvalue weighted by molar-refractivity contribution is 5.52. The van der Waals surface area contributed by atoms with Crippen LogP contribution in [0.4, 0.5) is 5.69 Å². The molecule has 20 heavy (non-hydrogen) atoms. The van der Waals surface area contributed by atoms with Crippen LogP contribution in [-0.4, -0.2) is 16.3 Å². The van der Waals surface area contributed by atoms with Crippen LogP contribution in [0.15, 0.2) is 30.3 Å². The predicted molar refractivity (Wildman–Crippen MR) is 83.3 cm³/mol. The lowest BCUT2D eigenvalue weighted by molar-refractivity contribution is 0.433. The topological polar surface area (TPSA) is 29.9 Å². The van der Waals surface area contributed by atoms with E-state index in [1.165, 1.54) is 22.6 Å². The lowest BCUT2D eigenvalue weighted by atomic mass is 10.1. The lowest BCUT2D eigenvalue weighted by Crippen LogP contribution is -2.20. The number of hydrogen-bond acceptors (Lipinski definition) is 2. The number of para-hydroxylation sites is 1. The number of hydrogen-bond donors (Lipinski definition) is 1. The van der Waals surface area contributed by atoms with Gasteiger partial charge in [0.2, 0.25) is 0 Å². The van der Waals surface area contributed by atoms with Gasteiger partial charge in [-0.3, -0.25) is 4.68 Å². The van der Waals surface area contributed by atoms with E-state index in [1.807, 2.05) is 0 Å². The Labute approximate surface area is 121 Å². The number of rotatable bonds is 3. The van der Waals surface area contributed by atoms with Crippen LogP contribution in [0.1, 0.15) is 43.3 Å². The molecule has 3 heteroatoms. The number of aryl methyl sites for hydroxylation is 3. The Morgan fingerprint density at radius 3 is 2.90 bits per heavy atom. The maximum atomic E-state index is 4.80. The minimum atomic E-state index is 0.456. The van der Waals surface area contributed by atoms with Gasteiger partial charge in [-0.15, -0.1) is 0 Å². The van der Waals surface area contributed by atoms with Gasteiger partial charge in [0, 0.05) is 17.9 Å². The van der Waals surface area contributed by atoms with Crippen LogP contribution in [-0.2, 0) is 19.3 Å². The summed E-state index contributed by atoms with van der Waals surface area (Å²) in [6, 6.07) is 11.4. The third-order valence-corrected chi connectivity index (χ3v) is 4.23. The summed E-state index contributed by atoms with van der Waals surface area (Å²) in [6.07, 6.45) is 4.34. The number of benzene rings is 1. The van der Waals surface area contributed by atoms with Crippen molar-refractivity contribution in [1.29, 1.82) is 0 Å². The molecular formula is C17H23N3. The molecule has 0 bridgehead atoms.